The Hall–Kier alpha value is -7.12. The van der Waals surface area contributed by atoms with Crippen molar-refractivity contribution >= 4 is 56.4 Å². The van der Waals surface area contributed by atoms with Gasteiger partial charge in [-0.05, 0) is 136 Å². The van der Waals surface area contributed by atoms with Crippen LogP contribution in [0.2, 0.25) is 0 Å². The maximum Gasteiger partial charge on any atom is 0.0468 e. The number of benzene rings is 6. The molecule has 0 atom stereocenters. The average molecular weight is 721 g/mol. The highest BCUT2D eigenvalue weighted by Gasteiger charge is 2.16. The predicted octanol–water partition coefficient (Wildman–Crippen LogP) is 14.9. The Labute approximate surface area is 331 Å². The molecule has 0 radical (unpaired) electrons. The van der Waals surface area contributed by atoms with E-state index in [-0.39, 0.29) is 0 Å². The molecule has 0 aromatic heterocycles. The van der Waals surface area contributed by atoms with Crippen LogP contribution in [0.5, 0.6) is 0 Å². The highest BCUT2D eigenvalue weighted by Crippen LogP contribution is 2.37. The van der Waals surface area contributed by atoms with Gasteiger partial charge in [-0.15, -0.1) is 5.73 Å². The van der Waals surface area contributed by atoms with Gasteiger partial charge in [0.25, 0.3) is 0 Å². The Kier molecular flexibility index (Phi) is 10.8. The third-order valence-corrected chi connectivity index (χ3v) is 10.2. The summed E-state index contributed by atoms with van der Waals surface area (Å²) in [5.41, 5.74) is 14.4. The fourth-order valence-electron chi connectivity index (χ4n) is 7.32. The van der Waals surface area contributed by atoms with Crippen LogP contribution in [-0.2, 0) is 0 Å². The molecule has 2 heteroatoms. The van der Waals surface area contributed by atoms with Gasteiger partial charge in [0.1, 0.15) is 0 Å². The Bertz CT molecular complexity index is 2690. The van der Waals surface area contributed by atoms with Gasteiger partial charge in [-0.1, -0.05) is 140 Å². The normalized spacial score (nSPS) is 16.8. The summed E-state index contributed by atoms with van der Waals surface area (Å²) < 4.78 is 0. The Balaban J connectivity index is 1.06. The SMILES string of the molecule is C=C(/C=C1/C=CCC=C/C1=C/C)N(/C1=C/C=C=C/C=C\C1)c1ccc2cc(/C=C/c3ccc(N(c4ccccc4)c4ccc5ccccc5c4)cc3)ccc2c1. The first-order valence-corrected chi connectivity index (χ1v) is 19.3. The van der Waals surface area contributed by atoms with Crippen molar-refractivity contribution in [2.75, 3.05) is 9.80 Å². The van der Waals surface area contributed by atoms with Crippen LogP contribution in [0.25, 0.3) is 33.7 Å². The molecule has 2 aliphatic rings. The van der Waals surface area contributed by atoms with Crippen LogP contribution < -0.4 is 9.80 Å². The molecular formula is C54H44N2. The van der Waals surface area contributed by atoms with Crippen molar-refractivity contribution in [1.29, 1.82) is 0 Å². The first-order valence-electron chi connectivity index (χ1n) is 19.3. The zero-order valence-corrected chi connectivity index (χ0v) is 31.7. The third kappa shape index (κ3) is 8.17. The second-order valence-corrected chi connectivity index (χ2v) is 13.9. The Morgan fingerprint density at radius 3 is 2.05 bits per heavy atom. The fraction of sp³-hybridized carbons (Fsp3) is 0.0556. The molecule has 56 heavy (non-hydrogen) atoms. The summed E-state index contributed by atoms with van der Waals surface area (Å²) in [5.74, 6) is 0. The van der Waals surface area contributed by atoms with Gasteiger partial charge in [-0.3, -0.25) is 0 Å². The molecule has 0 amide bonds. The van der Waals surface area contributed by atoms with Gasteiger partial charge in [0.2, 0.25) is 0 Å². The van der Waals surface area contributed by atoms with E-state index >= 15 is 0 Å². The number of anilines is 4. The number of nitrogens with zero attached hydrogens (tertiary/aromatic N) is 2. The lowest BCUT2D eigenvalue weighted by atomic mass is 10.0. The molecule has 6 aromatic rings. The van der Waals surface area contributed by atoms with Crippen LogP contribution in [0.4, 0.5) is 22.7 Å². The molecule has 270 valence electrons. The van der Waals surface area contributed by atoms with E-state index in [1.165, 1.54) is 27.1 Å². The molecule has 0 unspecified atom stereocenters. The topological polar surface area (TPSA) is 6.48 Å². The smallest absolute Gasteiger partial charge is 0.0468 e. The van der Waals surface area contributed by atoms with E-state index in [2.05, 4.69) is 229 Å². The van der Waals surface area contributed by atoms with Crippen molar-refractivity contribution in [1.82, 2.24) is 0 Å². The molecule has 0 N–H and O–H groups in total. The largest absolute Gasteiger partial charge is 0.314 e. The molecule has 6 aromatic carbocycles. The highest BCUT2D eigenvalue weighted by atomic mass is 15.2. The Morgan fingerprint density at radius 2 is 1.21 bits per heavy atom. The zero-order valence-electron chi connectivity index (χ0n) is 31.7. The van der Waals surface area contributed by atoms with Gasteiger partial charge >= 0.3 is 0 Å². The summed E-state index contributed by atoms with van der Waals surface area (Å²) in [6, 6.07) is 47.9. The van der Waals surface area contributed by atoms with Crippen molar-refractivity contribution < 1.29 is 0 Å². The summed E-state index contributed by atoms with van der Waals surface area (Å²) in [5, 5.41) is 4.82. The molecule has 0 aliphatic heterocycles. The lowest BCUT2D eigenvalue weighted by molar-refractivity contribution is 1.04. The molecule has 0 saturated carbocycles. The predicted molar refractivity (Wildman–Crippen MR) is 242 cm³/mol. The lowest BCUT2D eigenvalue weighted by Crippen LogP contribution is -2.20. The molecule has 8 rings (SSSR count). The highest BCUT2D eigenvalue weighted by molar-refractivity contribution is 5.91. The summed E-state index contributed by atoms with van der Waals surface area (Å²) >= 11 is 0. The van der Waals surface area contributed by atoms with Crippen LogP contribution in [0, 0.1) is 0 Å². The van der Waals surface area contributed by atoms with E-state index in [0.29, 0.717) is 0 Å². The number of rotatable bonds is 9. The van der Waals surface area contributed by atoms with Gasteiger partial charge in [0.15, 0.2) is 0 Å². The molecule has 0 heterocycles. The number of para-hydroxylation sites is 1. The van der Waals surface area contributed by atoms with E-state index in [0.717, 1.165) is 63.7 Å². The molecule has 0 saturated heterocycles. The quantitative estimate of drug-likeness (QED) is 0.108. The van der Waals surface area contributed by atoms with E-state index < -0.39 is 0 Å². The summed E-state index contributed by atoms with van der Waals surface area (Å²) in [6.45, 7) is 6.69. The fourth-order valence-corrected chi connectivity index (χ4v) is 7.32. The molecule has 0 spiro atoms. The van der Waals surface area contributed by atoms with Crippen LogP contribution >= 0.6 is 0 Å². The maximum absolute atomic E-state index is 4.60. The van der Waals surface area contributed by atoms with E-state index in [4.69, 9.17) is 0 Å². The zero-order chi connectivity index (χ0) is 38.1. The van der Waals surface area contributed by atoms with Gasteiger partial charge < -0.3 is 9.80 Å². The van der Waals surface area contributed by atoms with Crippen molar-refractivity contribution in [3.8, 4) is 0 Å². The standard InChI is InChI=1S/C54H44N2/c1-3-44-17-9-7-10-19-46(44)37-41(2)55(50-21-11-5-4-6-12-22-50)53-36-32-48-38-43(27-30-49(48)40-53)26-25-42-28-33-52(34-29-42)56(51-23-13-8-14-24-51)54-35-31-45-18-15-16-20-47(45)39-54/h3-5,8-20,22-40H,2,7,21H2,1H3/b11-5-,26-25+,44-3-,46-37-,50-22+. The van der Waals surface area contributed by atoms with Gasteiger partial charge in [0, 0.05) is 40.6 Å². The van der Waals surface area contributed by atoms with E-state index in [1.54, 1.807) is 0 Å². The minimum Gasteiger partial charge on any atom is -0.314 e. The summed E-state index contributed by atoms with van der Waals surface area (Å²) in [7, 11) is 0. The lowest BCUT2D eigenvalue weighted by Gasteiger charge is -2.28. The molecular weight excluding hydrogens is 677 g/mol. The van der Waals surface area contributed by atoms with Crippen molar-refractivity contribution in [2.45, 2.75) is 19.8 Å². The van der Waals surface area contributed by atoms with Crippen molar-refractivity contribution in [3.05, 3.63) is 246 Å². The van der Waals surface area contributed by atoms with Crippen LogP contribution in [0.1, 0.15) is 30.9 Å². The van der Waals surface area contributed by atoms with Crippen LogP contribution in [0.15, 0.2) is 235 Å². The first kappa shape index (κ1) is 35.9. The van der Waals surface area contributed by atoms with Crippen LogP contribution in [0.3, 0.4) is 0 Å². The molecule has 2 nitrogen and oxygen atoms in total. The van der Waals surface area contributed by atoms with Gasteiger partial charge in [0.05, 0.1) is 0 Å². The van der Waals surface area contributed by atoms with E-state index in [9.17, 15) is 0 Å². The van der Waals surface area contributed by atoms with E-state index in [1.807, 2.05) is 12.2 Å². The number of hydrogen-bond donors (Lipinski definition) is 0. The second-order valence-electron chi connectivity index (χ2n) is 13.9. The van der Waals surface area contributed by atoms with Crippen LogP contribution in [-0.4, -0.2) is 0 Å². The minimum atomic E-state index is 0.777. The van der Waals surface area contributed by atoms with Gasteiger partial charge in [-0.2, -0.15) is 0 Å². The second kappa shape index (κ2) is 16.9. The van der Waals surface area contributed by atoms with Gasteiger partial charge in [-0.25, -0.2) is 0 Å². The average Bonchev–Trinajstić information content (AvgIpc) is 3.46. The summed E-state index contributed by atoms with van der Waals surface area (Å²) in [4.78, 5) is 4.58. The third-order valence-electron chi connectivity index (χ3n) is 10.2. The monoisotopic (exact) mass is 720 g/mol. The number of hydrogen-bond acceptors (Lipinski definition) is 2. The minimum absolute atomic E-state index is 0.777. The number of allylic oxidation sites excluding steroid dienone is 12. The van der Waals surface area contributed by atoms with Crippen molar-refractivity contribution in [2.24, 2.45) is 0 Å². The molecule has 0 bridgehead atoms. The van der Waals surface area contributed by atoms with Crippen molar-refractivity contribution in [3.63, 3.8) is 0 Å². The Morgan fingerprint density at radius 1 is 0.589 bits per heavy atom. The molecule has 2 aliphatic carbocycles. The first-order chi connectivity index (χ1) is 27.6. The summed E-state index contributed by atoms with van der Waals surface area (Å²) in [6.07, 6.45) is 29.5. The molecule has 0 fully saturated rings. The number of fused-ring (bicyclic) bond motifs is 2. The maximum atomic E-state index is 4.60.